The summed E-state index contributed by atoms with van der Waals surface area (Å²) in [7, 11) is 0. The normalized spacial score (nSPS) is 11.1. The number of hydrogen-bond acceptors (Lipinski definition) is 5. The molecular weight excluding hydrogens is 270 g/mol. The average Bonchev–Trinajstić information content (AvgIpc) is 2.45. The van der Waals surface area contributed by atoms with E-state index < -0.39 is 0 Å². The molecule has 1 atom stereocenters. The Balaban J connectivity index is 0. The molecule has 0 fully saturated rings. The molecule has 0 aliphatic carbocycles. The zero-order valence-corrected chi connectivity index (χ0v) is 14.4. The number of rotatable bonds is 10. The standard InChI is InChI=1S/C12H22O4.C4H11N/c1-4-7-8-10(12(14)16-6-3)9-11(13)15-5-2;1-3-5-4-2/h10H,4-9H2,1-3H3;5H,3-4H2,1-2H3. The summed E-state index contributed by atoms with van der Waals surface area (Å²) >= 11 is 0. The third kappa shape index (κ3) is 15.1. The predicted molar refractivity (Wildman–Crippen MR) is 85.1 cm³/mol. The molecule has 0 aliphatic heterocycles. The van der Waals surface area contributed by atoms with Crippen molar-refractivity contribution < 1.29 is 19.1 Å². The molecule has 0 amide bonds. The van der Waals surface area contributed by atoms with Gasteiger partial charge in [0.1, 0.15) is 0 Å². The summed E-state index contributed by atoms with van der Waals surface area (Å²) in [5.74, 6) is -0.959. The van der Waals surface area contributed by atoms with Crippen LogP contribution in [0.4, 0.5) is 0 Å². The van der Waals surface area contributed by atoms with Crippen LogP contribution in [-0.2, 0) is 19.1 Å². The van der Waals surface area contributed by atoms with Gasteiger partial charge in [0.15, 0.2) is 0 Å². The minimum atomic E-state index is -0.348. The Hall–Kier alpha value is -1.10. The molecule has 1 unspecified atom stereocenters. The van der Waals surface area contributed by atoms with Crippen molar-refractivity contribution in [3.8, 4) is 0 Å². The molecule has 0 heterocycles. The van der Waals surface area contributed by atoms with Crippen molar-refractivity contribution in [2.45, 2.75) is 60.3 Å². The maximum Gasteiger partial charge on any atom is 0.309 e. The van der Waals surface area contributed by atoms with Crippen molar-refractivity contribution in [3.63, 3.8) is 0 Å². The van der Waals surface area contributed by atoms with E-state index in [4.69, 9.17) is 9.47 Å². The lowest BCUT2D eigenvalue weighted by Gasteiger charge is -2.14. The third-order valence-electron chi connectivity index (χ3n) is 2.74. The van der Waals surface area contributed by atoms with Gasteiger partial charge in [-0.25, -0.2) is 0 Å². The molecule has 5 heteroatoms. The molecule has 0 saturated heterocycles. The first-order valence-electron chi connectivity index (χ1n) is 8.10. The van der Waals surface area contributed by atoms with Gasteiger partial charge in [0, 0.05) is 0 Å². The second-order valence-electron chi connectivity index (χ2n) is 4.56. The SMILES string of the molecule is CCCCC(CC(=O)OCC)C(=O)OCC.CCNCC. The Morgan fingerprint density at radius 1 is 0.952 bits per heavy atom. The second-order valence-corrected chi connectivity index (χ2v) is 4.56. The van der Waals surface area contributed by atoms with Crippen molar-refractivity contribution in [1.82, 2.24) is 5.32 Å². The highest BCUT2D eigenvalue weighted by Crippen LogP contribution is 2.15. The van der Waals surface area contributed by atoms with Gasteiger partial charge in [0.05, 0.1) is 25.6 Å². The van der Waals surface area contributed by atoms with Gasteiger partial charge in [-0.1, -0.05) is 33.6 Å². The Labute approximate surface area is 129 Å². The number of ether oxygens (including phenoxy) is 2. The van der Waals surface area contributed by atoms with Crippen LogP contribution in [0.2, 0.25) is 0 Å². The van der Waals surface area contributed by atoms with Gasteiger partial charge in [0.2, 0.25) is 0 Å². The number of esters is 2. The number of carbonyl (C=O) groups excluding carboxylic acids is 2. The van der Waals surface area contributed by atoms with Crippen LogP contribution in [0, 0.1) is 5.92 Å². The van der Waals surface area contributed by atoms with Crippen LogP contribution in [0.3, 0.4) is 0 Å². The highest BCUT2D eigenvalue weighted by molar-refractivity contribution is 5.79. The molecular formula is C16H33NO4. The number of carbonyl (C=O) groups is 2. The fourth-order valence-corrected chi connectivity index (χ4v) is 1.68. The molecule has 0 spiro atoms. The lowest BCUT2D eigenvalue weighted by molar-refractivity contribution is -0.155. The van der Waals surface area contributed by atoms with Crippen molar-refractivity contribution in [2.24, 2.45) is 5.92 Å². The summed E-state index contributed by atoms with van der Waals surface area (Å²) in [5.41, 5.74) is 0. The van der Waals surface area contributed by atoms with E-state index in [2.05, 4.69) is 19.2 Å². The molecule has 1 N–H and O–H groups in total. The van der Waals surface area contributed by atoms with Crippen LogP contribution in [0.5, 0.6) is 0 Å². The predicted octanol–water partition coefficient (Wildman–Crippen LogP) is 2.92. The molecule has 0 rings (SSSR count). The number of hydrogen-bond donors (Lipinski definition) is 1. The molecule has 0 saturated carbocycles. The molecule has 0 bridgehead atoms. The van der Waals surface area contributed by atoms with E-state index in [1.165, 1.54) is 0 Å². The third-order valence-corrected chi connectivity index (χ3v) is 2.74. The van der Waals surface area contributed by atoms with Gasteiger partial charge in [-0.2, -0.15) is 0 Å². The molecule has 0 aliphatic rings. The van der Waals surface area contributed by atoms with Crippen molar-refractivity contribution >= 4 is 11.9 Å². The van der Waals surface area contributed by atoms with Gasteiger partial charge in [-0.15, -0.1) is 0 Å². The quantitative estimate of drug-likeness (QED) is 0.629. The summed E-state index contributed by atoms with van der Waals surface area (Å²) in [6.07, 6.45) is 2.74. The lowest BCUT2D eigenvalue weighted by Crippen LogP contribution is -2.22. The van der Waals surface area contributed by atoms with Crippen LogP contribution >= 0.6 is 0 Å². The van der Waals surface area contributed by atoms with Crippen LogP contribution in [0.1, 0.15) is 60.3 Å². The highest BCUT2D eigenvalue weighted by Gasteiger charge is 2.23. The number of nitrogens with one attached hydrogen (secondary N) is 1. The Morgan fingerprint density at radius 2 is 1.52 bits per heavy atom. The van der Waals surface area contributed by atoms with Gasteiger partial charge in [-0.05, 0) is 33.4 Å². The number of unbranched alkanes of at least 4 members (excludes halogenated alkanes) is 1. The first-order chi connectivity index (χ1) is 10.1. The largest absolute Gasteiger partial charge is 0.466 e. The zero-order chi connectivity index (χ0) is 16.5. The lowest BCUT2D eigenvalue weighted by atomic mass is 9.99. The van der Waals surface area contributed by atoms with E-state index in [9.17, 15) is 9.59 Å². The van der Waals surface area contributed by atoms with E-state index in [0.717, 1.165) is 25.9 Å². The summed E-state index contributed by atoms with van der Waals surface area (Å²) in [5, 5.41) is 3.11. The van der Waals surface area contributed by atoms with Crippen LogP contribution in [0.15, 0.2) is 0 Å². The summed E-state index contributed by atoms with van der Waals surface area (Å²) in [4.78, 5) is 22.9. The van der Waals surface area contributed by atoms with E-state index >= 15 is 0 Å². The fraction of sp³-hybridized carbons (Fsp3) is 0.875. The minimum Gasteiger partial charge on any atom is -0.466 e. The zero-order valence-electron chi connectivity index (χ0n) is 14.4. The first kappa shape index (κ1) is 22.2. The van der Waals surface area contributed by atoms with Gasteiger partial charge >= 0.3 is 11.9 Å². The van der Waals surface area contributed by atoms with E-state index in [-0.39, 0.29) is 24.3 Å². The molecule has 5 nitrogen and oxygen atoms in total. The molecule has 0 radical (unpaired) electrons. The van der Waals surface area contributed by atoms with E-state index in [1.807, 2.05) is 6.92 Å². The molecule has 21 heavy (non-hydrogen) atoms. The molecule has 126 valence electrons. The minimum absolute atomic E-state index is 0.132. The monoisotopic (exact) mass is 303 g/mol. The maximum atomic E-state index is 11.6. The van der Waals surface area contributed by atoms with Crippen LogP contribution in [0.25, 0.3) is 0 Å². The second kappa shape index (κ2) is 17.0. The fourth-order valence-electron chi connectivity index (χ4n) is 1.68. The van der Waals surface area contributed by atoms with Crippen molar-refractivity contribution in [3.05, 3.63) is 0 Å². The van der Waals surface area contributed by atoms with Crippen molar-refractivity contribution in [2.75, 3.05) is 26.3 Å². The topological polar surface area (TPSA) is 64.6 Å². The van der Waals surface area contributed by atoms with Crippen LogP contribution in [-0.4, -0.2) is 38.2 Å². The van der Waals surface area contributed by atoms with E-state index in [1.54, 1.807) is 13.8 Å². The highest BCUT2D eigenvalue weighted by atomic mass is 16.5. The summed E-state index contributed by atoms with van der Waals surface area (Å²) in [6, 6.07) is 0. The first-order valence-corrected chi connectivity index (χ1v) is 8.10. The Bertz CT molecular complexity index is 255. The Morgan fingerprint density at radius 3 is 1.90 bits per heavy atom. The van der Waals surface area contributed by atoms with Gasteiger partial charge in [0.25, 0.3) is 0 Å². The Kier molecular flexibility index (Phi) is 17.9. The summed E-state index contributed by atoms with van der Waals surface area (Å²) < 4.78 is 9.77. The maximum absolute atomic E-state index is 11.6. The average molecular weight is 303 g/mol. The molecule has 0 aromatic rings. The molecule has 0 aromatic carbocycles. The van der Waals surface area contributed by atoms with Crippen molar-refractivity contribution in [1.29, 1.82) is 0 Å². The van der Waals surface area contributed by atoms with E-state index in [0.29, 0.717) is 19.6 Å². The smallest absolute Gasteiger partial charge is 0.309 e. The summed E-state index contributed by atoms with van der Waals surface area (Å²) in [6.45, 7) is 12.7. The molecule has 0 aromatic heterocycles. The van der Waals surface area contributed by atoms with Gasteiger partial charge in [-0.3, -0.25) is 9.59 Å². The van der Waals surface area contributed by atoms with Gasteiger partial charge < -0.3 is 14.8 Å². The van der Waals surface area contributed by atoms with Crippen LogP contribution < -0.4 is 5.32 Å².